The fraction of sp³-hybridized carbons (Fsp3) is 0.154. The Bertz CT molecular complexity index is 742. The molecular weight excluding hydrogens is 261 g/mol. The van der Waals surface area contributed by atoms with Crippen LogP contribution in [0.25, 0.3) is 16.9 Å². The van der Waals surface area contributed by atoms with E-state index in [-0.39, 0.29) is 18.6 Å². The Morgan fingerprint density at radius 3 is 2.85 bits per heavy atom. The first-order chi connectivity index (χ1) is 9.79. The van der Waals surface area contributed by atoms with E-state index in [9.17, 15) is 4.39 Å². The van der Waals surface area contributed by atoms with Crippen LogP contribution in [0.5, 0.6) is 6.01 Å². The first-order valence-electron chi connectivity index (χ1n) is 6.05. The summed E-state index contributed by atoms with van der Waals surface area (Å²) >= 11 is 0. The molecule has 0 bridgehead atoms. The van der Waals surface area contributed by atoms with Crippen LogP contribution in [0.4, 0.5) is 10.3 Å². The highest BCUT2D eigenvalue weighted by molar-refractivity contribution is 5.78. The normalized spacial score (nSPS) is 10.8. The third-order valence-corrected chi connectivity index (χ3v) is 2.73. The van der Waals surface area contributed by atoms with Gasteiger partial charge in [-0.15, -0.1) is 0 Å². The summed E-state index contributed by atoms with van der Waals surface area (Å²) in [6.07, 6.45) is 1.55. The molecule has 7 heteroatoms. The van der Waals surface area contributed by atoms with E-state index in [2.05, 4.69) is 15.0 Å². The lowest BCUT2D eigenvalue weighted by molar-refractivity contribution is 0.252. The average Bonchev–Trinajstić information content (AvgIpc) is 2.83. The molecular formula is C13H12FN5O. The van der Waals surface area contributed by atoms with E-state index >= 15 is 0 Å². The molecule has 0 amide bonds. The van der Waals surface area contributed by atoms with Crippen molar-refractivity contribution >= 4 is 17.0 Å². The molecule has 0 aliphatic carbocycles. The second-order valence-corrected chi connectivity index (χ2v) is 4.03. The Labute approximate surface area is 114 Å². The van der Waals surface area contributed by atoms with Crippen molar-refractivity contribution in [2.45, 2.75) is 0 Å². The summed E-state index contributed by atoms with van der Waals surface area (Å²) in [5.74, 6) is 0.678. The number of aromatic nitrogens is 4. The molecule has 2 N–H and O–H groups in total. The number of imidazole rings is 1. The summed E-state index contributed by atoms with van der Waals surface area (Å²) in [5.41, 5.74) is 7.14. The van der Waals surface area contributed by atoms with Crippen molar-refractivity contribution in [2.75, 3.05) is 19.0 Å². The van der Waals surface area contributed by atoms with Crippen molar-refractivity contribution in [3.05, 3.63) is 36.5 Å². The quantitative estimate of drug-likeness (QED) is 0.783. The van der Waals surface area contributed by atoms with Crippen LogP contribution in [0.3, 0.4) is 0 Å². The van der Waals surface area contributed by atoms with Gasteiger partial charge in [0.05, 0.1) is 11.0 Å². The lowest BCUT2D eigenvalue weighted by Crippen LogP contribution is -2.07. The van der Waals surface area contributed by atoms with Crippen molar-refractivity contribution in [2.24, 2.45) is 0 Å². The molecule has 2 aromatic heterocycles. The fourth-order valence-corrected chi connectivity index (χ4v) is 1.94. The Hall–Kier alpha value is -2.70. The maximum atomic E-state index is 12.3. The number of rotatable bonds is 4. The van der Waals surface area contributed by atoms with E-state index in [1.165, 1.54) is 0 Å². The van der Waals surface area contributed by atoms with Gasteiger partial charge in [-0.1, -0.05) is 12.1 Å². The number of halogens is 1. The molecule has 0 spiro atoms. The van der Waals surface area contributed by atoms with Crippen LogP contribution < -0.4 is 10.5 Å². The van der Waals surface area contributed by atoms with Crippen LogP contribution in [0.15, 0.2) is 36.5 Å². The standard InChI is InChI=1S/C13H12FN5O/c14-6-8-20-13-17-9-3-1-2-4-10(9)19(13)11-5-7-16-12(15)18-11/h1-5,7H,6,8H2,(H2,15,16,18). The molecule has 0 aliphatic rings. The van der Waals surface area contributed by atoms with E-state index in [0.29, 0.717) is 5.82 Å². The highest BCUT2D eigenvalue weighted by Gasteiger charge is 2.14. The number of fused-ring (bicyclic) bond motifs is 1. The number of nitrogens with zero attached hydrogens (tertiary/aromatic N) is 4. The SMILES string of the molecule is Nc1nccc(-n2c(OCCF)nc3ccccc32)n1. The second kappa shape index (κ2) is 5.12. The predicted octanol–water partition coefficient (Wildman–Crippen LogP) is 1.75. The monoisotopic (exact) mass is 273 g/mol. The van der Waals surface area contributed by atoms with Gasteiger partial charge in [-0.2, -0.15) is 9.97 Å². The summed E-state index contributed by atoms with van der Waals surface area (Å²) in [6.45, 7) is -0.654. The number of anilines is 1. The minimum absolute atomic E-state index is 0.0656. The van der Waals surface area contributed by atoms with Gasteiger partial charge in [0.25, 0.3) is 0 Å². The van der Waals surface area contributed by atoms with Gasteiger partial charge in [0.1, 0.15) is 19.1 Å². The van der Waals surface area contributed by atoms with E-state index in [1.54, 1.807) is 16.8 Å². The minimum atomic E-state index is -0.588. The number of nitrogens with two attached hydrogens (primary N) is 1. The highest BCUT2D eigenvalue weighted by atomic mass is 19.1. The van der Waals surface area contributed by atoms with Gasteiger partial charge in [-0.3, -0.25) is 0 Å². The summed E-state index contributed by atoms with van der Waals surface area (Å²) in [5, 5.41) is 0. The Morgan fingerprint density at radius 2 is 2.05 bits per heavy atom. The van der Waals surface area contributed by atoms with E-state index in [4.69, 9.17) is 10.5 Å². The number of nitrogen functional groups attached to an aromatic ring is 1. The van der Waals surface area contributed by atoms with Gasteiger partial charge in [0.15, 0.2) is 0 Å². The molecule has 20 heavy (non-hydrogen) atoms. The summed E-state index contributed by atoms with van der Waals surface area (Å²) in [4.78, 5) is 12.3. The zero-order valence-corrected chi connectivity index (χ0v) is 10.5. The van der Waals surface area contributed by atoms with Crippen molar-refractivity contribution in [3.8, 4) is 11.8 Å². The molecule has 0 aliphatic heterocycles. The average molecular weight is 273 g/mol. The van der Waals surface area contributed by atoms with Crippen molar-refractivity contribution in [1.29, 1.82) is 0 Å². The maximum absolute atomic E-state index is 12.3. The van der Waals surface area contributed by atoms with Gasteiger partial charge in [0.2, 0.25) is 5.95 Å². The summed E-state index contributed by atoms with van der Waals surface area (Å²) in [7, 11) is 0. The Balaban J connectivity index is 2.20. The van der Waals surface area contributed by atoms with Crippen LogP contribution in [0.1, 0.15) is 0 Å². The van der Waals surface area contributed by atoms with Gasteiger partial charge >= 0.3 is 6.01 Å². The van der Waals surface area contributed by atoms with Crippen molar-refractivity contribution in [3.63, 3.8) is 0 Å². The number of hydrogen-bond donors (Lipinski definition) is 1. The van der Waals surface area contributed by atoms with Crippen LogP contribution in [0.2, 0.25) is 0 Å². The first-order valence-corrected chi connectivity index (χ1v) is 6.05. The molecule has 1 aromatic carbocycles. The molecule has 0 saturated carbocycles. The molecule has 0 fully saturated rings. The molecule has 102 valence electrons. The predicted molar refractivity (Wildman–Crippen MR) is 72.5 cm³/mol. The lowest BCUT2D eigenvalue weighted by atomic mass is 10.3. The molecule has 0 radical (unpaired) electrons. The lowest BCUT2D eigenvalue weighted by Gasteiger charge is -2.08. The van der Waals surface area contributed by atoms with Gasteiger partial charge < -0.3 is 10.5 Å². The largest absolute Gasteiger partial charge is 0.462 e. The molecule has 0 atom stereocenters. The number of hydrogen-bond acceptors (Lipinski definition) is 5. The zero-order chi connectivity index (χ0) is 13.9. The van der Waals surface area contributed by atoms with E-state index in [0.717, 1.165) is 11.0 Å². The van der Waals surface area contributed by atoms with Crippen LogP contribution in [0, 0.1) is 0 Å². The number of para-hydroxylation sites is 2. The fourth-order valence-electron chi connectivity index (χ4n) is 1.94. The Kier molecular flexibility index (Phi) is 3.16. The summed E-state index contributed by atoms with van der Waals surface area (Å²) in [6, 6.07) is 9.44. The number of ether oxygens (including phenoxy) is 1. The first kappa shape index (κ1) is 12.3. The van der Waals surface area contributed by atoms with Crippen LogP contribution >= 0.6 is 0 Å². The maximum Gasteiger partial charge on any atom is 0.303 e. The number of benzene rings is 1. The van der Waals surface area contributed by atoms with Crippen molar-refractivity contribution in [1.82, 2.24) is 19.5 Å². The number of alkyl halides is 1. The topological polar surface area (TPSA) is 78.8 Å². The Morgan fingerprint density at radius 1 is 1.20 bits per heavy atom. The minimum Gasteiger partial charge on any atom is -0.462 e. The molecule has 0 saturated heterocycles. The van der Waals surface area contributed by atoms with Crippen LogP contribution in [-0.2, 0) is 0 Å². The van der Waals surface area contributed by atoms with Gasteiger partial charge in [-0.05, 0) is 12.1 Å². The van der Waals surface area contributed by atoms with Gasteiger partial charge in [-0.25, -0.2) is 13.9 Å². The molecule has 6 nitrogen and oxygen atoms in total. The smallest absolute Gasteiger partial charge is 0.303 e. The van der Waals surface area contributed by atoms with E-state index < -0.39 is 6.67 Å². The molecule has 3 aromatic rings. The molecule has 0 unspecified atom stereocenters. The second-order valence-electron chi connectivity index (χ2n) is 4.03. The zero-order valence-electron chi connectivity index (χ0n) is 10.5. The third-order valence-electron chi connectivity index (χ3n) is 2.73. The van der Waals surface area contributed by atoms with Gasteiger partial charge in [0, 0.05) is 12.3 Å². The molecule has 3 rings (SSSR count). The molecule has 2 heterocycles. The van der Waals surface area contributed by atoms with Crippen molar-refractivity contribution < 1.29 is 9.13 Å². The highest BCUT2D eigenvalue weighted by Crippen LogP contribution is 2.25. The van der Waals surface area contributed by atoms with E-state index in [1.807, 2.05) is 24.3 Å². The van der Waals surface area contributed by atoms with Crippen LogP contribution in [-0.4, -0.2) is 32.8 Å². The third kappa shape index (κ3) is 2.13. The summed E-state index contributed by atoms with van der Waals surface area (Å²) < 4.78 is 19.3.